The smallest absolute Gasteiger partial charge is 0.270 e. The summed E-state index contributed by atoms with van der Waals surface area (Å²) in [5, 5.41) is 11.7. The minimum Gasteiger partial charge on any atom is -0.347 e. The van der Waals surface area contributed by atoms with E-state index in [9.17, 15) is 22.9 Å². The molecular formula is C18H17FN4O4S2. The van der Waals surface area contributed by atoms with Crippen molar-refractivity contribution in [2.45, 2.75) is 11.3 Å². The molecule has 0 N–H and O–H groups in total. The fraction of sp³-hybridized carbons (Fsp3) is 0.278. The molecule has 0 bridgehead atoms. The van der Waals surface area contributed by atoms with E-state index in [1.54, 1.807) is 6.07 Å². The minimum atomic E-state index is -3.70. The number of thiazole rings is 1. The van der Waals surface area contributed by atoms with Crippen LogP contribution < -0.4 is 4.90 Å². The summed E-state index contributed by atoms with van der Waals surface area (Å²) in [4.78, 5) is 17.1. The van der Waals surface area contributed by atoms with Crippen LogP contribution in [-0.4, -0.2) is 48.8 Å². The Morgan fingerprint density at radius 2 is 1.83 bits per heavy atom. The van der Waals surface area contributed by atoms with Gasteiger partial charge >= 0.3 is 0 Å². The zero-order chi connectivity index (χ0) is 20.6. The number of hydrogen-bond donors (Lipinski definition) is 0. The van der Waals surface area contributed by atoms with Crippen molar-refractivity contribution < 1.29 is 17.7 Å². The van der Waals surface area contributed by atoms with Crippen molar-refractivity contribution in [3.63, 3.8) is 0 Å². The van der Waals surface area contributed by atoms with Gasteiger partial charge < -0.3 is 4.90 Å². The summed E-state index contributed by atoms with van der Waals surface area (Å²) in [7, 11) is -3.70. The second-order valence-corrected chi connectivity index (χ2v) is 9.55. The molecule has 1 saturated heterocycles. The van der Waals surface area contributed by atoms with Crippen LogP contribution in [0.15, 0.2) is 47.4 Å². The van der Waals surface area contributed by atoms with Crippen molar-refractivity contribution >= 4 is 42.4 Å². The van der Waals surface area contributed by atoms with Crippen molar-refractivity contribution in [1.82, 2.24) is 9.29 Å². The number of nitrogens with zero attached hydrogens (tertiary/aromatic N) is 4. The number of rotatable bonds is 4. The number of nitro benzene ring substituents is 1. The number of fused-ring (bicyclic) bond motifs is 1. The van der Waals surface area contributed by atoms with Crippen molar-refractivity contribution in [1.29, 1.82) is 0 Å². The number of benzene rings is 2. The summed E-state index contributed by atoms with van der Waals surface area (Å²) in [6.07, 6.45) is 0.608. The van der Waals surface area contributed by atoms with Crippen LogP contribution in [0.2, 0.25) is 0 Å². The quantitative estimate of drug-likeness (QED) is 0.460. The summed E-state index contributed by atoms with van der Waals surface area (Å²) in [5.41, 5.74) is 0.691. The first-order valence-electron chi connectivity index (χ1n) is 8.90. The lowest BCUT2D eigenvalue weighted by atomic mass is 10.3. The highest BCUT2D eigenvalue weighted by atomic mass is 32.2. The zero-order valence-electron chi connectivity index (χ0n) is 15.2. The van der Waals surface area contributed by atoms with Crippen LogP contribution in [-0.2, 0) is 10.0 Å². The molecule has 0 spiro atoms. The normalized spacial score (nSPS) is 16.1. The van der Waals surface area contributed by atoms with Crippen LogP contribution in [0, 0.1) is 15.9 Å². The topological polar surface area (TPSA) is 96.7 Å². The molecule has 1 fully saturated rings. The Labute approximate surface area is 170 Å². The van der Waals surface area contributed by atoms with E-state index in [4.69, 9.17) is 0 Å². The first kappa shape index (κ1) is 19.7. The maximum absolute atomic E-state index is 13.1. The maximum atomic E-state index is 13.1. The molecule has 3 aromatic rings. The second-order valence-electron chi connectivity index (χ2n) is 6.60. The summed E-state index contributed by atoms with van der Waals surface area (Å²) in [6, 6.07) is 9.36. The van der Waals surface area contributed by atoms with Gasteiger partial charge in [0.2, 0.25) is 10.0 Å². The summed E-state index contributed by atoms with van der Waals surface area (Å²) in [6.45, 7) is 1.70. The molecule has 4 rings (SSSR count). The summed E-state index contributed by atoms with van der Waals surface area (Å²) in [5.74, 6) is -0.484. The van der Waals surface area contributed by atoms with E-state index in [0.29, 0.717) is 41.4 Å². The standard InChI is InChI=1S/C18H17FN4O4S2/c19-13-2-5-15(6-3-13)29(26,27)22-9-1-8-21(10-11-22)18-20-16-7-4-14(23(24)25)12-17(16)28-18/h2-7,12H,1,8-11H2. The highest BCUT2D eigenvalue weighted by Crippen LogP contribution is 2.32. The molecule has 1 aliphatic rings. The fourth-order valence-electron chi connectivity index (χ4n) is 3.23. The molecule has 11 heteroatoms. The van der Waals surface area contributed by atoms with Gasteiger partial charge in [0, 0.05) is 38.3 Å². The summed E-state index contributed by atoms with van der Waals surface area (Å²) >= 11 is 1.35. The molecule has 0 atom stereocenters. The molecule has 2 aromatic carbocycles. The molecule has 0 aliphatic carbocycles. The van der Waals surface area contributed by atoms with Gasteiger partial charge in [0.15, 0.2) is 5.13 Å². The van der Waals surface area contributed by atoms with Crippen LogP contribution in [0.4, 0.5) is 15.2 Å². The van der Waals surface area contributed by atoms with Gasteiger partial charge in [0.25, 0.3) is 5.69 Å². The number of sulfonamides is 1. The number of anilines is 1. The Bertz CT molecular complexity index is 1160. The largest absolute Gasteiger partial charge is 0.347 e. The van der Waals surface area contributed by atoms with Crippen LogP contribution in [0.5, 0.6) is 0 Å². The van der Waals surface area contributed by atoms with E-state index in [1.807, 2.05) is 4.90 Å². The molecule has 152 valence electrons. The van der Waals surface area contributed by atoms with Crippen molar-refractivity contribution in [3.8, 4) is 0 Å². The number of nitro groups is 1. The van der Waals surface area contributed by atoms with E-state index in [-0.39, 0.29) is 17.1 Å². The Hall–Kier alpha value is -2.63. The number of non-ortho nitro benzene ring substituents is 1. The van der Waals surface area contributed by atoms with Crippen LogP contribution >= 0.6 is 11.3 Å². The molecule has 1 aromatic heterocycles. The molecule has 0 radical (unpaired) electrons. The Balaban J connectivity index is 1.53. The molecular weight excluding hydrogens is 419 g/mol. The van der Waals surface area contributed by atoms with Gasteiger partial charge in [-0.3, -0.25) is 10.1 Å². The number of hydrogen-bond acceptors (Lipinski definition) is 7. The molecule has 2 heterocycles. The van der Waals surface area contributed by atoms with Crippen LogP contribution in [0.25, 0.3) is 10.2 Å². The lowest BCUT2D eigenvalue weighted by molar-refractivity contribution is -0.384. The van der Waals surface area contributed by atoms with Crippen LogP contribution in [0.1, 0.15) is 6.42 Å². The van der Waals surface area contributed by atoms with Gasteiger partial charge in [-0.2, -0.15) is 4.31 Å². The third-order valence-corrected chi connectivity index (χ3v) is 7.74. The predicted molar refractivity (Wildman–Crippen MR) is 108 cm³/mol. The van der Waals surface area contributed by atoms with Gasteiger partial charge in [-0.15, -0.1) is 0 Å². The number of halogens is 1. The molecule has 0 saturated carbocycles. The Morgan fingerprint density at radius 3 is 2.55 bits per heavy atom. The SMILES string of the molecule is O=[N+]([O-])c1ccc2nc(N3CCCN(S(=O)(=O)c4ccc(F)cc4)CC3)sc2c1. The molecule has 29 heavy (non-hydrogen) atoms. The van der Waals surface area contributed by atoms with E-state index < -0.39 is 20.8 Å². The Morgan fingerprint density at radius 1 is 1.07 bits per heavy atom. The minimum absolute atomic E-state index is 0.0140. The Kier molecular flexibility index (Phi) is 5.19. The van der Waals surface area contributed by atoms with Crippen LogP contribution in [0.3, 0.4) is 0 Å². The fourth-order valence-corrected chi connectivity index (χ4v) is 5.75. The van der Waals surface area contributed by atoms with Gasteiger partial charge in [-0.25, -0.2) is 17.8 Å². The highest BCUT2D eigenvalue weighted by Gasteiger charge is 2.28. The lowest BCUT2D eigenvalue weighted by Gasteiger charge is -2.21. The van der Waals surface area contributed by atoms with Gasteiger partial charge in [-0.1, -0.05) is 11.3 Å². The predicted octanol–water partition coefficient (Wildman–Crippen LogP) is 3.24. The molecule has 1 aliphatic heterocycles. The van der Waals surface area contributed by atoms with Gasteiger partial charge in [-0.05, 0) is 36.8 Å². The molecule has 0 unspecified atom stereocenters. The second kappa shape index (κ2) is 7.65. The van der Waals surface area contributed by atoms with E-state index >= 15 is 0 Å². The average molecular weight is 436 g/mol. The monoisotopic (exact) mass is 436 g/mol. The van der Waals surface area contributed by atoms with Crippen molar-refractivity contribution in [3.05, 3.63) is 58.4 Å². The number of aromatic nitrogens is 1. The average Bonchev–Trinajstić information content (AvgIpc) is 2.95. The third kappa shape index (κ3) is 3.93. The zero-order valence-corrected chi connectivity index (χ0v) is 16.8. The van der Waals surface area contributed by atoms with Gasteiger partial charge in [0.1, 0.15) is 5.82 Å². The van der Waals surface area contributed by atoms with Gasteiger partial charge in [0.05, 0.1) is 20.0 Å². The van der Waals surface area contributed by atoms with E-state index in [2.05, 4.69) is 4.98 Å². The van der Waals surface area contributed by atoms with E-state index in [0.717, 1.165) is 12.1 Å². The van der Waals surface area contributed by atoms with E-state index in [1.165, 1.54) is 39.9 Å². The van der Waals surface area contributed by atoms with Crippen molar-refractivity contribution in [2.24, 2.45) is 0 Å². The first-order valence-corrected chi connectivity index (χ1v) is 11.2. The van der Waals surface area contributed by atoms with Crippen molar-refractivity contribution in [2.75, 3.05) is 31.1 Å². The highest BCUT2D eigenvalue weighted by molar-refractivity contribution is 7.89. The lowest BCUT2D eigenvalue weighted by Crippen LogP contribution is -2.35. The first-order chi connectivity index (χ1) is 13.8. The third-order valence-electron chi connectivity index (χ3n) is 4.75. The summed E-state index contributed by atoms with van der Waals surface area (Å²) < 4.78 is 40.9. The molecule has 8 nitrogen and oxygen atoms in total. The molecule has 0 amide bonds. The maximum Gasteiger partial charge on any atom is 0.270 e.